The van der Waals surface area contributed by atoms with Crippen LogP contribution in [0.2, 0.25) is 0 Å². The van der Waals surface area contributed by atoms with Crippen LogP contribution in [0, 0.1) is 19.7 Å². The van der Waals surface area contributed by atoms with Gasteiger partial charge in [-0.15, -0.1) is 0 Å². The van der Waals surface area contributed by atoms with Crippen LogP contribution < -0.4 is 5.32 Å². The van der Waals surface area contributed by atoms with E-state index in [1.54, 1.807) is 38.1 Å². The van der Waals surface area contributed by atoms with Gasteiger partial charge in [-0.2, -0.15) is 0 Å². The molecule has 0 radical (unpaired) electrons. The largest absolute Gasteiger partial charge is 0.348 e. The number of carbonyl (C=O) groups excluding carboxylic acids is 1. The second-order valence-corrected chi connectivity index (χ2v) is 8.10. The molecule has 2 aromatic rings. The van der Waals surface area contributed by atoms with Crippen LogP contribution in [0.3, 0.4) is 0 Å². The fourth-order valence-corrected chi connectivity index (χ4v) is 3.56. The lowest BCUT2D eigenvalue weighted by Gasteiger charge is -2.16. The molecular weight excluding hydrogens is 343 g/mol. The van der Waals surface area contributed by atoms with Crippen molar-refractivity contribution in [1.82, 2.24) is 9.62 Å². The third-order valence-electron chi connectivity index (χ3n) is 4.04. The van der Waals surface area contributed by atoms with Gasteiger partial charge in [-0.05, 0) is 43.2 Å². The molecule has 0 aliphatic rings. The molecule has 0 fully saturated rings. The molecule has 2 rings (SSSR count). The van der Waals surface area contributed by atoms with Crippen molar-refractivity contribution < 1.29 is 17.6 Å². The number of hydrogen-bond donors (Lipinski definition) is 1. The van der Waals surface area contributed by atoms with Gasteiger partial charge >= 0.3 is 0 Å². The molecule has 0 bridgehead atoms. The molecule has 134 valence electrons. The van der Waals surface area contributed by atoms with Crippen molar-refractivity contribution in [3.05, 3.63) is 64.5 Å². The number of nitrogens with one attached hydrogen (secondary N) is 1. The standard InChI is InChI=1S/C18H21FN2O3S/c1-12-9-15(10-17(13(12)2)25(23,24)21(3)4)18(22)20-11-14-7-5-6-8-16(14)19/h5-10H,11H2,1-4H3,(H,20,22). The first-order valence-corrected chi connectivity index (χ1v) is 9.14. The first kappa shape index (κ1) is 19.1. The van der Waals surface area contributed by atoms with Crippen molar-refractivity contribution >= 4 is 15.9 Å². The molecule has 0 aliphatic heterocycles. The quantitative estimate of drug-likeness (QED) is 0.887. The van der Waals surface area contributed by atoms with E-state index >= 15 is 0 Å². The molecule has 25 heavy (non-hydrogen) atoms. The summed E-state index contributed by atoms with van der Waals surface area (Å²) in [5, 5.41) is 2.62. The van der Waals surface area contributed by atoms with Crippen LogP contribution >= 0.6 is 0 Å². The number of amides is 1. The van der Waals surface area contributed by atoms with Gasteiger partial charge in [0, 0.05) is 31.8 Å². The van der Waals surface area contributed by atoms with Crippen molar-refractivity contribution in [2.24, 2.45) is 0 Å². The van der Waals surface area contributed by atoms with E-state index in [0.717, 1.165) is 4.31 Å². The van der Waals surface area contributed by atoms with E-state index in [4.69, 9.17) is 0 Å². The molecule has 0 aliphatic carbocycles. The van der Waals surface area contributed by atoms with E-state index in [-0.39, 0.29) is 17.0 Å². The predicted molar refractivity (Wildman–Crippen MR) is 94.4 cm³/mol. The fourth-order valence-electron chi connectivity index (χ4n) is 2.34. The van der Waals surface area contributed by atoms with Crippen LogP contribution in [0.25, 0.3) is 0 Å². The Labute approximate surface area is 147 Å². The SMILES string of the molecule is Cc1cc(C(=O)NCc2ccccc2F)cc(S(=O)(=O)N(C)C)c1C. The van der Waals surface area contributed by atoms with Crippen molar-refractivity contribution in [2.45, 2.75) is 25.3 Å². The monoisotopic (exact) mass is 364 g/mol. The summed E-state index contributed by atoms with van der Waals surface area (Å²) in [6.45, 7) is 3.47. The number of rotatable bonds is 5. The number of nitrogens with zero attached hydrogens (tertiary/aromatic N) is 1. The van der Waals surface area contributed by atoms with Gasteiger partial charge < -0.3 is 5.32 Å². The Bertz CT molecular complexity index is 909. The zero-order valence-corrected chi connectivity index (χ0v) is 15.4. The van der Waals surface area contributed by atoms with E-state index in [1.165, 1.54) is 26.2 Å². The number of sulfonamides is 1. The summed E-state index contributed by atoms with van der Waals surface area (Å²) in [7, 11) is -0.788. The van der Waals surface area contributed by atoms with Gasteiger partial charge in [0.1, 0.15) is 5.82 Å². The predicted octanol–water partition coefficient (Wildman–Crippen LogP) is 2.62. The lowest BCUT2D eigenvalue weighted by molar-refractivity contribution is 0.0950. The first-order valence-electron chi connectivity index (χ1n) is 7.70. The Kier molecular flexibility index (Phi) is 5.59. The summed E-state index contributed by atoms with van der Waals surface area (Å²) < 4.78 is 39.6. The van der Waals surface area contributed by atoms with Crippen LogP contribution in [0.4, 0.5) is 4.39 Å². The second kappa shape index (κ2) is 7.33. The van der Waals surface area contributed by atoms with E-state index in [2.05, 4.69) is 5.32 Å². The summed E-state index contributed by atoms with van der Waals surface area (Å²) in [6, 6.07) is 9.14. The summed E-state index contributed by atoms with van der Waals surface area (Å²) in [5.74, 6) is -0.861. The van der Waals surface area contributed by atoms with E-state index in [9.17, 15) is 17.6 Å². The Morgan fingerprint density at radius 2 is 1.80 bits per heavy atom. The molecule has 7 heteroatoms. The van der Waals surface area contributed by atoms with Crippen molar-refractivity contribution in [2.75, 3.05) is 14.1 Å². The highest BCUT2D eigenvalue weighted by Gasteiger charge is 2.23. The summed E-state index contributed by atoms with van der Waals surface area (Å²) in [6.07, 6.45) is 0. The number of aryl methyl sites for hydroxylation is 1. The highest BCUT2D eigenvalue weighted by atomic mass is 32.2. The molecule has 5 nitrogen and oxygen atoms in total. The average Bonchev–Trinajstić information content (AvgIpc) is 2.55. The molecule has 0 atom stereocenters. The average molecular weight is 364 g/mol. The molecule has 1 amide bonds. The minimum Gasteiger partial charge on any atom is -0.348 e. The van der Waals surface area contributed by atoms with Gasteiger partial charge in [0.2, 0.25) is 10.0 Å². The third-order valence-corrected chi connectivity index (χ3v) is 5.98. The van der Waals surface area contributed by atoms with Crippen molar-refractivity contribution in [3.8, 4) is 0 Å². The zero-order valence-electron chi connectivity index (χ0n) is 14.6. The van der Waals surface area contributed by atoms with E-state index in [1.807, 2.05) is 0 Å². The maximum absolute atomic E-state index is 13.6. The maximum atomic E-state index is 13.6. The van der Waals surface area contributed by atoms with Gasteiger partial charge in [0.05, 0.1) is 4.90 Å². The Morgan fingerprint density at radius 3 is 2.40 bits per heavy atom. The molecule has 0 aromatic heterocycles. The molecule has 0 heterocycles. The number of benzene rings is 2. The number of halogens is 1. The van der Waals surface area contributed by atoms with E-state index in [0.29, 0.717) is 16.7 Å². The van der Waals surface area contributed by atoms with Gasteiger partial charge in [0.15, 0.2) is 0 Å². The molecule has 1 N–H and O–H groups in total. The molecule has 2 aromatic carbocycles. The minimum absolute atomic E-state index is 0.0220. The fraction of sp³-hybridized carbons (Fsp3) is 0.278. The summed E-state index contributed by atoms with van der Waals surface area (Å²) in [4.78, 5) is 12.5. The number of carbonyl (C=O) groups is 1. The van der Waals surface area contributed by atoms with Crippen LogP contribution in [0.5, 0.6) is 0 Å². The Balaban J connectivity index is 2.32. The van der Waals surface area contributed by atoms with Gasteiger partial charge in [-0.25, -0.2) is 17.1 Å². The van der Waals surface area contributed by atoms with Crippen LogP contribution in [-0.2, 0) is 16.6 Å². The first-order chi connectivity index (χ1) is 11.6. The topological polar surface area (TPSA) is 66.5 Å². The van der Waals surface area contributed by atoms with Gasteiger partial charge in [-0.3, -0.25) is 4.79 Å². The molecule has 0 unspecified atom stereocenters. The van der Waals surface area contributed by atoms with E-state index < -0.39 is 21.7 Å². The third kappa shape index (κ3) is 4.05. The zero-order chi connectivity index (χ0) is 18.8. The normalized spacial score (nSPS) is 11.6. The molecule has 0 spiro atoms. The summed E-state index contributed by atoms with van der Waals surface area (Å²) in [5.41, 5.74) is 1.87. The second-order valence-electron chi connectivity index (χ2n) is 5.98. The van der Waals surface area contributed by atoms with Crippen LogP contribution in [0.1, 0.15) is 27.0 Å². The lowest BCUT2D eigenvalue weighted by Crippen LogP contribution is -2.26. The molecular formula is C18H21FN2O3S. The van der Waals surface area contributed by atoms with Crippen LogP contribution in [-0.4, -0.2) is 32.7 Å². The van der Waals surface area contributed by atoms with Gasteiger partial charge in [0.25, 0.3) is 5.91 Å². The molecule has 0 saturated heterocycles. The minimum atomic E-state index is -3.67. The van der Waals surface area contributed by atoms with Gasteiger partial charge in [-0.1, -0.05) is 18.2 Å². The lowest BCUT2D eigenvalue weighted by atomic mass is 10.1. The highest BCUT2D eigenvalue weighted by Crippen LogP contribution is 2.23. The molecule has 0 saturated carbocycles. The van der Waals surface area contributed by atoms with Crippen molar-refractivity contribution in [1.29, 1.82) is 0 Å². The highest BCUT2D eigenvalue weighted by molar-refractivity contribution is 7.89. The van der Waals surface area contributed by atoms with Crippen LogP contribution in [0.15, 0.2) is 41.3 Å². The number of hydrogen-bond acceptors (Lipinski definition) is 3. The Hall–Kier alpha value is -2.25. The summed E-state index contributed by atoms with van der Waals surface area (Å²) >= 11 is 0. The maximum Gasteiger partial charge on any atom is 0.251 e. The Morgan fingerprint density at radius 1 is 1.16 bits per heavy atom. The smallest absolute Gasteiger partial charge is 0.251 e. The van der Waals surface area contributed by atoms with Crippen molar-refractivity contribution in [3.63, 3.8) is 0 Å².